The molecule has 1 atom stereocenters. The van der Waals surface area contributed by atoms with Crippen molar-refractivity contribution in [2.45, 2.75) is 25.3 Å². The summed E-state index contributed by atoms with van der Waals surface area (Å²) in [4.78, 5) is 7.06. The Morgan fingerprint density at radius 2 is 2.24 bits per heavy atom. The van der Waals surface area contributed by atoms with Crippen LogP contribution in [-0.4, -0.2) is 31.5 Å². The zero-order chi connectivity index (χ0) is 11.9. The van der Waals surface area contributed by atoms with Crippen molar-refractivity contribution in [3.8, 4) is 0 Å². The first-order valence-electron chi connectivity index (χ1n) is 6.38. The molecule has 17 heavy (non-hydrogen) atoms. The number of rotatable bonds is 2. The Bertz CT molecular complexity index is 466. The molecule has 1 N–H and O–H groups in total. The van der Waals surface area contributed by atoms with Crippen molar-refractivity contribution in [1.29, 1.82) is 0 Å². The second kappa shape index (κ2) is 3.76. The summed E-state index contributed by atoms with van der Waals surface area (Å²) < 4.78 is 0. The third-order valence-electron chi connectivity index (χ3n) is 4.18. The van der Waals surface area contributed by atoms with Gasteiger partial charge in [-0.05, 0) is 18.1 Å². The van der Waals surface area contributed by atoms with Gasteiger partial charge in [-0.25, -0.2) is 0 Å². The van der Waals surface area contributed by atoms with Crippen molar-refractivity contribution in [3.05, 3.63) is 29.8 Å². The van der Waals surface area contributed by atoms with Crippen molar-refractivity contribution < 1.29 is 0 Å². The SMILES string of the molecule is CCC1(C2=NCCN2)Cc2ccccc2N1C. The first kappa shape index (κ1) is 10.6. The van der Waals surface area contributed by atoms with Crippen LogP contribution in [-0.2, 0) is 6.42 Å². The first-order valence-corrected chi connectivity index (χ1v) is 6.38. The van der Waals surface area contributed by atoms with Gasteiger partial charge in [-0.1, -0.05) is 25.1 Å². The van der Waals surface area contributed by atoms with Gasteiger partial charge in [0.25, 0.3) is 0 Å². The molecular formula is C14H19N3. The van der Waals surface area contributed by atoms with E-state index in [9.17, 15) is 0 Å². The summed E-state index contributed by atoms with van der Waals surface area (Å²) in [5.74, 6) is 1.18. The Morgan fingerprint density at radius 1 is 1.41 bits per heavy atom. The van der Waals surface area contributed by atoms with Crippen LogP contribution in [0.3, 0.4) is 0 Å². The molecule has 0 spiro atoms. The fraction of sp³-hybridized carbons (Fsp3) is 0.500. The third kappa shape index (κ3) is 1.38. The molecule has 2 aliphatic heterocycles. The first-order chi connectivity index (χ1) is 8.28. The highest BCUT2D eigenvalue weighted by molar-refractivity contribution is 5.98. The minimum absolute atomic E-state index is 0.0557. The van der Waals surface area contributed by atoms with E-state index in [4.69, 9.17) is 0 Å². The summed E-state index contributed by atoms with van der Waals surface area (Å²) in [5.41, 5.74) is 2.85. The van der Waals surface area contributed by atoms with Crippen LogP contribution in [0.25, 0.3) is 0 Å². The number of para-hydroxylation sites is 1. The molecule has 2 heterocycles. The van der Waals surface area contributed by atoms with Gasteiger partial charge in [-0.15, -0.1) is 0 Å². The molecule has 0 aromatic heterocycles. The highest BCUT2D eigenvalue weighted by Gasteiger charge is 2.45. The Balaban J connectivity index is 2.05. The van der Waals surface area contributed by atoms with E-state index >= 15 is 0 Å². The predicted molar refractivity (Wildman–Crippen MR) is 71.9 cm³/mol. The maximum atomic E-state index is 4.66. The Labute approximate surface area is 103 Å². The number of nitrogens with zero attached hydrogens (tertiary/aromatic N) is 2. The van der Waals surface area contributed by atoms with Crippen molar-refractivity contribution in [3.63, 3.8) is 0 Å². The van der Waals surface area contributed by atoms with E-state index in [1.54, 1.807) is 0 Å². The maximum Gasteiger partial charge on any atom is 0.123 e. The fourth-order valence-electron chi connectivity index (χ4n) is 3.13. The number of benzene rings is 1. The number of amidine groups is 1. The smallest absolute Gasteiger partial charge is 0.123 e. The molecule has 0 amide bonds. The number of hydrogen-bond acceptors (Lipinski definition) is 3. The molecule has 1 aromatic carbocycles. The van der Waals surface area contributed by atoms with E-state index in [0.717, 1.165) is 25.9 Å². The van der Waals surface area contributed by atoms with Crippen LogP contribution in [0.1, 0.15) is 18.9 Å². The number of aliphatic imine (C=N–C) groups is 1. The van der Waals surface area contributed by atoms with Gasteiger partial charge in [0.1, 0.15) is 11.4 Å². The lowest BCUT2D eigenvalue weighted by Gasteiger charge is -2.37. The monoisotopic (exact) mass is 229 g/mol. The minimum Gasteiger partial charge on any atom is -0.370 e. The molecule has 0 fully saturated rings. The van der Waals surface area contributed by atoms with Gasteiger partial charge in [0, 0.05) is 25.7 Å². The minimum atomic E-state index is 0.0557. The van der Waals surface area contributed by atoms with E-state index in [0.29, 0.717) is 0 Å². The topological polar surface area (TPSA) is 27.6 Å². The summed E-state index contributed by atoms with van der Waals surface area (Å²) >= 11 is 0. The van der Waals surface area contributed by atoms with Gasteiger partial charge in [0.2, 0.25) is 0 Å². The number of fused-ring (bicyclic) bond motifs is 1. The van der Waals surface area contributed by atoms with E-state index in [1.165, 1.54) is 17.1 Å². The average molecular weight is 229 g/mol. The molecule has 0 saturated heterocycles. The van der Waals surface area contributed by atoms with Crippen molar-refractivity contribution in [2.75, 3.05) is 25.0 Å². The van der Waals surface area contributed by atoms with Crippen LogP contribution in [0.4, 0.5) is 5.69 Å². The quantitative estimate of drug-likeness (QED) is 0.838. The van der Waals surface area contributed by atoms with E-state index < -0.39 is 0 Å². The van der Waals surface area contributed by atoms with Crippen LogP contribution in [0.2, 0.25) is 0 Å². The molecule has 1 unspecified atom stereocenters. The van der Waals surface area contributed by atoms with Gasteiger partial charge in [-0.2, -0.15) is 0 Å². The van der Waals surface area contributed by atoms with E-state index in [-0.39, 0.29) is 5.54 Å². The molecule has 3 nitrogen and oxygen atoms in total. The summed E-state index contributed by atoms with van der Waals surface area (Å²) in [5, 5.41) is 3.46. The standard InChI is InChI=1S/C14H19N3/c1-3-14(13-15-8-9-16-13)10-11-6-4-5-7-12(11)17(14)2/h4-7H,3,8-10H2,1-2H3,(H,15,16). The summed E-state index contributed by atoms with van der Waals surface area (Å²) in [6.07, 6.45) is 2.16. The van der Waals surface area contributed by atoms with Crippen molar-refractivity contribution in [1.82, 2.24) is 5.32 Å². The molecule has 90 valence electrons. The molecule has 0 saturated carbocycles. The molecule has 2 aliphatic rings. The highest BCUT2D eigenvalue weighted by Crippen LogP contribution is 2.40. The van der Waals surface area contributed by atoms with Crippen molar-refractivity contribution in [2.24, 2.45) is 4.99 Å². The Morgan fingerprint density at radius 3 is 2.88 bits per heavy atom. The van der Waals surface area contributed by atoms with Crippen molar-refractivity contribution >= 4 is 11.5 Å². The normalized spacial score (nSPS) is 26.7. The molecule has 3 heteroatoms. The summed E-state index contributed by atoms with van der Waals surface area (Å²) in [6.45, 7) is 4.16. The molecule has 0 radical (unpaired) electrons. The summed E-state index contributed by atoms with van der Waals surface area (Å²) in [7, 11) is 2.19. The van der Waals surface area contributed by atoms with Crippen LogP contribution in [0.5, 0.6) is 0 Å². The number of nitrogens with one attached hydrogen (secondary N) is 1. The molecular weight excluding hydrogens is 210 g/mol. The van der Waals surface area contributed by atoms with Crippen LogP contribution in [0, 0.1) is 0 Å². The third-order valence-corrected chi connectivity index (χ3v) is 4.18. The van der Waals surface area contributed by atoms with Gasteiger partial charge in [0.05, 0.1) is 6.54 Å². The lowest BCUT2D eigenvalue weighted by molar-refractivity contribution is 0.531. The average Bonchev–Trinajstić information content (AvgIpc) is 2.97. The number of likely N-dealkylation sites (N-methyl/N-ethyl adjacent to an activating group) is 1. The van der Waals surface area contributed by atoms with Gasteiger partial charge in [-0.3, -0.25) is 4.99 Å². The molecule has 0 aliphatic carbocycles. The zero-order valence-electron chi connectivity index (χ0n) is 10.5. The fourth-order valence-corrected chi connectivity index (χ4v) is 3.13. The lowest BCUT2D eigenvalue weighted by atomic mass is 9.90. The second-order valence-electron chi connectivity index (χ2n) is 4.91. The van der Waals surface area contributed by atoms with E-state index in [1.807, 2.05) is 0 Å². The van der Waals surface area contributed by atoms with Gasteiger partial charge in [0.15, 0.2) is 0 Å². The van der Waals surface area contributed by atoms with Crippen LogP contribution in [0.15, 0.2) is 29.3 Å². The zero-order valence-corrected chi connectivity index (χ0v) is 10.5. The summed E-state index contributed by atoms with van der Waals surface area (Å²) in [6, 6.07) is 8.69. The van der Waals surface area contributed by atoms with Gasteiger partial charge < -0.3 is 10.2 Å². The lowest BCUT2D eigenvalue weighted by Crippen LogP contribution is -2.55. The Kier molecular flexibility index (Phi) is 2.35. The molecule has 1 aromatic rings. The van der Waals surface area contributed by atoms with Crippen LogP contribution >= 0.6 is 0 Å². The van der Waals surface area contributed by atoms with Crippen LogP contribution < -0.4 is 10.2 Å². The number of hydrogen-bond donors (Lipinski definition) is 1. The van der Waals surface area contributed by atoms with E-state index in [2.05, 4.69) is 53.4 Å². The predicted octanol–water partition coefficient (Wildman–Crippen LogP) is 1.83. The molecule has 0 bridgehead atoms. The van der Waals surface area contributed by atoms with Gasteiger partial charge >= 0.3 is 0 Å². The highest BCUT2D eigenvalue weighted by atomic mass is 15.3. The molecule has 3 rings (SSSR count). The maximum absolute atomic E-state index is 4.66. The second-order valence-corrected chi connectivity index (χ2v) is 4.91. The largest absolute Gasteiger partial charge is 0.370 e. The Hall–Kier alpha value is -1.51. The number of anilines is 1.